The molecule has 0 saturated carbocycles. The zero-order valence-corrected chi connectivity index (χ0v) is 10.8. The molecular formula is C13H21N3O. The predicted octanol–water partition coefficient (Wildman–Crippen LogP) is 1.95. The normalized spacial score (nSPS) is 16.2. The Kier molecular flexibility index (Phi) is 3.82. The van der Waals surface area contributed by atoms with Crippen molar-refractivity contribution in [2.24, 2.45) is 0 Å². The molecule has 1 fully saturated rings. The third kappa shape index (κ3) is 2.68. The monoisotopic (exact) mass is 235 g/mol. The van der Waals surface area contributed by atoms with Gasteiger partial charge in [-0.1, -0.05) is 6.92 Å². The lowest BCUT2D eigenvalue weighted by Crippen LogP contribution is -2.36. The van der Waals surface area contributed by atoms with Crippen molar-refractivity contribution in [3.8, 4) is 0 Å². The maximum Gasteiger partial charge on any atom is 0.255 e. The average molecular weight is 235 g/mol. The molecule has 1 saturated heterocycles. The average Bonchev–Trinajstić information content (AvgIpc) is 2.33. The first-order valence-corrected chi connectivity index (χ1v) is 6.56. The Labute approximate surface area is 102 Å². The van der Waals surface area contributed by atoms with Gasteiger partial charge < -0.3 is 4.90 Å². The van der Waals surface area contributed by atoms with Crippen LogP contribution in [0.4, 0.5) is 5.95 Å². The molecule has 0 bridgehead atoms. The highest BCUT2D eigenvalue weighted by atomic mass is 16.1. The molecule has 1 aromatic rings. The summed E-state index contributed by atoms with van der Waals surface area (Å²) in [5, 5.41) is 0. The van der Waals surface area contributed by atoms with Crippen LogP contribution in [-0.2, 0) is 6.54 Å². The molecule has 0 unspecified atom stereocenters. The first-order chi connectivity index (χ1) is 8.22. The summed E-state index contributed by atoms with van der Waals surface area (Å²) in [4.78, 5) is 18.8. The second-order valence-corrected chi connectivity index (χ2v) is 4.74. The van der Waals surface area contributed by atoms with Crippen LogP contribution in [0.1, 0.15) is 38.3 Å². The van der Waals surface area contributed by atoms with E-state index in [0.717, 1.165) is 37.7 Å². The molecule has 0 aliphatic carbocycles. The van der Waals surface area contributed by atoms with Gasteiger partial charge in [0.15, 0.2) is 0 Å². The maximum atomic E-state index is 12.0. The van der Waals surface area contributed by atoms with Crippen LogP contribution in [0.25, 0.3) is 0 Å². The Morgan fingerprint density at radius 3 is 2.65 bits per heavy atom. The van der Waals surface area contributed by atoms with E-state index in [1.165, 1.54) is 19.3 Å². The lowest BCUT2D eigenvalue weighted by molar-refractivity contribution is 0.539. The predicted molar refractivity (Wildman–Crippen MR) is 69.6 cm³/mol. The summed E-state index contributed by atoms with van der Waals surface area (Å²) in [5.74, 6) is 0.872. The van der Waals surface area contributed by atoms with E-state index < -0.39 is 0 Å². The van der Waals surface area contributed by atoms with Crippen molar-refractivity contribution in [1.29, 1.82) is 0 Å². The molecule has 1 aromatic heterocycles. The van der Waals surface area contributed by atoms with E-state index in [1.54, 1.807) is 6.07 Å². The van der Waals surface area contributed by atoms with Gasteiger partial charge in [-0.2, -0.15) is 0 Å². The van der Waals surface area contributed by atoms with Crippen LogP contribution in [0, 0.1) is 6.92 Å². The van der Waals surface area contributed by atoms with E-state index in [0.29, 0.717) is 0 Å². The van der Waals surface area contributed by atoms with E-state index >= 15 is 0 Å². The summed E-state index contributed by atoms with van der Waals surface area (Å²) in [6.07, 6.45) is 4.66. The molecule has 0 radical (unpaired) electrons. The minimum absolute atomic E-state index is 0.0833. The Morgan fingerprint density at radius 1 is 1.29 bits per heavy atom. The van der Waals surface area contributed by atoms with Gasteiger partial charge in [-0.15, -0.1) is 0 Å². The Balaban J connectivity index is 2.38. The van der Waals surface area contributed by atoms with E-state index in [9.17, 15) is 4.79 Å². The van der Waals surface area contributed by atoms with Crippen LogP contribution in [0.3, 0.4) is 0 Å². The largest absolute Gasteiger partial charge is 0.342 e. The maximum absolute atomic E-state index is 12.0. The zero-order chi connectivity index (χ0) is 12.3. The highest BCUT2D eigenvalue weighted by Gasteiger charge is 2.16. The molecule has 0 atom stereocenters. The van der Waals surface area contributed by atoms with Crippen LogP contribution in [0.15, 0.2) is 10.9 Å². The fourth-order valence-corrected chi connectivity index (χ4v) is 2.37. The SMILES string of the molecule is CCCn1c(N2CCCCC2)nc(C)cc1=O. The fraction of sp³-hybridized carbons (Fsp3) is 0.692. The molecule has 0 amide bonds. The summed E-state index contributed by atoms with van der Waals surface area (Å²) in [5.41, 5.74) is 0.905. The molecule has 0 spiro atoms. The first kappa shape index (κ1) is 12.1. The second kappa shape index (κ2) is 5.34. The van der Waals surface area contributed by atoms with Crippen LogP contribution in [0.5, 0.6) is 0 Å². The molecule has 2 heterocycles. The van der Waals surface area contributed by atoms with Gasteiger partial charge in [0, 0.05) is 31.4 Å². The van der Waals surface area contributed by atoms with Gasteiger partial charge in [0.25, 0.3) is 5.56 Å². The summed E-state index contributed by atoms with van der Waals surface area (Å²) in [6.45, 7) is 6.80. The summed E-state index contributed by atoms with van der Waals surface area (Å²) in [6, 6.07) is 1.63. The summed E-state index contributed by atoms with van der Waals surface area (Å²) >= 11 is 0. The van der Waals surface area contributed by atoms with E-state index in [1.807, 2.05) is 11.5 Å². The standard InChI is InChI=1S/C13H21N3O/c1-3-7-16-12(17)10-11(2)14-13(16)15-8-5-4-6-9-15/h10H,3-9H2,1-2H3. The molecule has 1 aliphatic rings. The molecule has 0 N–H and O–H groups in total. The Bertz CT molecular complexity index is 433. The van der Waals surface area contributed by atoms with Crippen LogP contribution in [0.2, 0.25) is 0 Å². The van der Waals surface area contributed by atoms with Gasteiger partial charge in [-0.05, 0) is 32.6 Å². The third-order valence-corrected chi connectivity index (χ3v) is 3.20. The fourth-order valence-electron chi connectivity index (χ4n) is 2.37. The number of rotatable bonds is 3. The van der Waals surface area contributed by atoms with Gasteiger partial charge >= 0.3 is 0 Å². The molecule has 1 aliphatic heterocycles. The van der Waals surface area contributed by atoms with Crippen molar-refractivity contribution >= 4 is 5.95 Å². The van der Waals surface area contributed by atoms with Crippen molar-refractivity contribution in [2.45, 2.75) is 46.1 Å². The highest BCUT2D eigenvalue weighted by molar-refractivity contribution is 5.32. The lowest BCUT2D eigenvalue weighted by Gasteiger charge is -2.29. The lowest BCUT2D eigenvalue weighted by atomic mass is 10.1. The third-order valence-electron chi connectivity index (χ3n) is 3.20. The van der Waals surface area contributed by atoms with Crippen molar-refractivity contribution in [2.75, 3.05) is 18.0 Å². The molecule has 4 heteroatoms. The molecule has 2 rings (SSSR count). The minimum Gasteiger partial charge on any atom is -0.342 e. The minimum atomic E-state index is 0.0833. The van der Waals surface area contributed by atoms with Gasteiger partial charge in [-0.3, -0.25) is 9.36 Å². The van der Waals surface area contributed by atoms with Crippen LogP contribution >= 0.6 is 0 Å². The quantitative estimate of drug-likeness (QED) is 0.803. The summed E-state index contributed by atoms with van der Waals surface area (Å²) in [7, 11) is 0. The van der Waals surface area contributed by atoms with Gasteiger partial charge in [-0.25, -0.2) is 4.98 Å². The number of piperidine rings is 1. The van der Waals surface area contributed by atoms with Crippen LogP contribution in [-0.4, -0.2) is 22.6 Å². The number of nitrogens with zero attached hydrogens (tertiary/aromatic N) is 3. The van der Waals surface area contributed by atoms with Crippen molar-refractivity contribution in [3.05, 3.63) is 22.1 Å². The smallest absolute Gasteiger partial charge is 0.255 e. The van der Waals surface area contributed by atoms with Gasteiger partial charge in [0.1, 0.15) is 0 Å². The van der Waals surface area contributed by atoms with Gasteiger partial charge in [0.05, 0.1) is 0 Å². The van der Waals surface area contributed by atoms with E-state index in [4.69, 9.17) is 0 Å². The molecule has 4 nitrogen and oxygen atoms in total. The Hall–Kier alpha value is -1.32. The number of hydrogen-bond donors (Lipinski definition) is 0. The van der Waals surface area contributed by atoms with Crippen molar-refractivity contribution in [3.63, 3.8) is 0 Å². The molecule has 17 heavy (non-hydrogen) atoms. The number of aryl methyl sites for hydroxylation is 1. The zero-order valence-electron chi connectivity index (χ0n) is 10.8. The highest BCUT2D eigenvalue weighted by Crippen LogP contribution is 2.17. The van der Waals surface area contributed by atoms with E-state index in [2.05, 4.69) is 16.8 Å². The number of anilines is 1. The Morgan fingerprint density at radius 2 is 2.00 bits per heavy atom. The van der Waals surface area contributed by atoms with Crippen LogP contribution < -0.4 is 10.5 Å². The van der Waals surface area contributed by atoms with Gasteiger partial charge in [0.2, 0.25) is 5.95 Å². The van der Waals surface area contributed by atoms with E-state index in [-0.39, 0.29) is 5.56 Å². The second-order valence-electron chi connectivity index (χ2n) is 4.74. The molecule has 0 aromatic carbocycles. The first-order valence-electron chi connectivity index (χ1n) is 6.56. The number of aromatic nitrogens is 2. The van der Waals surface area contributed by atoms with Crippen molar-refractivity contribution < 1.29 is 0 Å². The topological polar surface area (TPSA) is 38.1 Å². The summed E-state index contributed by atoms with van der Waals surface area (Å²) < 4.78 is 1.82. The van der Waals surface area contributed by atoms with Crippen molar-refractivity contribution in [1.82, 2.24) is 9.55 Å². The molecule has 94 valence electrons. The number of hydrogen-bond acceptors (Lipinski definition) is 3. The molecular weight excluding hydrogens is 214 g/mol.